The minimum absolute atomic E-state index is 0.714. The summed E-state index contributed by atoms with van der Waals surface area (Å²) in [7, 11) is 2.00. The molecule has 2 rings (SSSR count). The van der Waals surface area contributed by atoms with E-state index in [1.807, 2.05) is 17.9 Å². The number of nitrogens with one attached hydrogen (secondary N) is 1. The van der Waals surface area contributed by atoms with Gasteiger partial charge in [-0.05, 0) is 44.2 Å². The normalized spacial score (nSPS) is 25.1. The molecule has 2 atom stereocenters. The van der Waals surface area contributed by atoms with Crippen molar-refractivity contribution in [2.45, 2.75) is 51.5 Å². The van der Waals surface area contributed by atoms with E-state index < -0.39 is 0 Å². The molecule has 1 aromatic heterocycles. The molecule has 1 saturated carbocycles. The number of nitrogens with zero attached hydrogens (tertiary/aromatic N) is 2. The number of rotatable bonds is 5. The highest BCUT2D eigenvalue weighted by Crippen LogP contribution is 2.27. The van der Waals surface area contributed by atoms with E-state index in [0.29, 0.717) is 6.04 Å². The van der Waals surface area contributed by atoms with Gasteiger partial charge in [-0.25, -0.2) is 0 Å². The summed E-state index contributed by atoms with van der Waals surface area (Å²) in [5, 5.41) is 8.22. The average molecular weight is 235 g/mol. The van der Waals surface area contributed by atoms with Crippen molar-refractivity contribution < 1.29 is 0 Å². The zero-order valence-corrected chi connectivity index (χ0v) is 11.2. The molecule has 0 aromatic carbocycles. The van der Waals surface area contributed by atoms with Crippen LogP contribution in [0.25, 0.3) is 0 Å². The lowest BCUT2D eigenvalue weighted by Gasteiger charge is -2.32. The summed E-state index contributed by atoms with van der Waals surface area (Å²) in [4.78, 5) is 0. The van der Waals surface area contributed by atoms with Crippen LogP contribution in [-0.4, -0.2) is 22.4 Å². The van der Waals surface area contributed by atoms with Gasteiger partial charge in [-0.15, -0.1) is 0 Å². The molecule has 3 nitrogen and oxygen atoms in total. The maximum absolute atomic E-state index is 4.51. The third-order valence-corrected chi connectivity index (χ3v) is 3.81. The van der Waals surface area contributed by atoms with Gasteiger partial charge in [0.15, 0.2) is 0 Å². The third-order valence-electron chi connectivity index (χ3n) is 3.81. The van der Waals surface area contributed by atoms with Crippen molar-refractivity contribution in [2.75, 3.05) is 6.54 Å². The van der Waals surface area contributed by atoms with Crippen LogP contribution in [0.15, 0.2) is 12.3 Å². The molecule has 2 unspecified atom stereocenters. The van der Waals surface area contributed by atoms with Crippen LogP contribution in [0.4, 0.5) is 0 Å². The van der Waals surface area contributed by atoms with E-state index in [2.05, 4.69) is 23.4 Å². The molecule has 96 valence electrons. The van der Waals surface area contributed by atoms with Gasteiger partial charge in [-0.1, -0.05) is 19.8 Å². The quantitative estimate of drug-likeness (QED) is 0.850. The zero-order valence-electron chi connectivity index (χ0n) is 11.2. The van der Waals surface area contributed by atoms with Gasteiger partial charge in [0.1, 0.15) is 0 Å². The monoisotopic (exact) mass is 235 g/mol. The van der Waals surface area contributed by atoms with Crippen LogP contribution >= 0.6 is 0 Å². The number of aryl methyl sites for hydroxylation is 1. The van der Waals surface area contributed by atoms with Crippen molar-refractivity contribution in [3.8, 4) is 0 Å². The van der Waals surface area contributed by atoms with E-state index in [1.54, 1.807) is 0 Å². The van der Waals surface area contributed by atoms with Crippen molar-refractivity contribution in [3.63, 3.8) is 0 Å². The van der Waals surface area contributed by atoms with Crippen molar-refractivity contribution in [2.24, 2.45) is 13.0 Å². The molecule has 0 aliphatic heterocycles. The van der Waals surface area contributed by atoms with Gasteiger partial charge >= 0.3 is 0 Å². The lowest BCUT2D eigenvalue weighted by Crippen LogP contribution is -2.39. The Balaban J connectivity index is 1.91. The van der Waals surface area contributed by atoms with E-state index in [0.717, 1.165) is 18.9 Å². The van der Waals surface area contributed by atoms with Gasteiger partial charge in [-0.2, -0.15) is 5.10 Å². The van der Waals surface area contributed by atoms with Crippen LogP contribution in [0, 0.1) is 5.92 Å². The predicted octanol–water partition coefficient (Wildman–Crippen LogP) is 2.52. The lowest BCUT2D eigenvalue weighted by atomic mass is 9.81. The largest absolute Gasteiger partial charge is 0.314 e. The van der Waals surface area contributed by atoms with Crippen LogP contribution in [0.2, 0.25) is 0 Å². The topological polar surface area (TPSA) is 29.9 Å². The molecular weight excluding hydrogens is 210 g/mol. The minimum Gasteiger partial charge on any atom is -0.314 e. The highest BCUT2D eigenvalue weighted by Gasteiger charge is 2.25. The SMILES string of the molecule is CCCNC1CCCCC1Cc1ccn(C)n1. The molecule has 0 bridgehead atoms. The van der Waals surface area contributed by atoms with E-state index in [1.165, 1.54) is 37.8 Å². The highest BCUT2D eigenvalue weighted by atomic mass is 15.2. The van der Waals surface area contributed by atoms with E-state index in [9.17, 15) is 0 Å². The molecule has 1 heterocycles. The van der Waals surface area contributed by atoms with E-state index in [4.69, 9.17) is 0 Å². The van der Waals surface area contributed by atoms with Gasteiger partial charge in [-0.3, -0.25) is 4.68 Å². The Bertz CT molecular complexity index is 332. The maximum Gasteiger partial charge on any atom is 0.0627 e. The fourth-order valence-corrected chi connectivity index (χ4v) is 2.89. The van der Waals surface area contributed by atoms with E-state index >= 15 is 0 Å². The molecule has 1 N–H and O–H groups in total. The first-order valence-corrected chi connectivity index (χ1v) is 7.01. The summed E-state index contributed by atoms with van der Waals surface area (Å²) in [5.41, 5.74) is 1.25. The molecule has 3 heteroatoms. The molecule has 17 heavy (non-hydrogen) atoms. The van der Waals surface area contributed by atoms with Crippen LogP contribution in [-0.2, 0) is 13.5 Å². The molecule has 1 fully saturated rings. The van der Waals surface area contributed by atoms with Gasteiger partial charge in [0.2, 0.25) is 0 Å². The Morgan fingerprint density at radius 2 is 2.24 bits per heavy atom. The van der Waals surface area contributed by atoms with Crippen molar-refractivity contribution >= 4 is 0 Å². The van der Waals surface area contributed by atoms with Crippen molar-refractivity contribution in [1.29, 1.82) is 0 Å². The predicted molar refractivity (Wildman–Crippen MR) is 71.0 cm³/mol. The van der Waals surface area contributed by atoms with Gasteiger partial charge in [0, 0.05) is 19.3 Å². The standard InChI is InChI=1S/C14H25N3/c1-3-9-15-14-7-5-4-6-12(14)11-13-8-10-17(2)16-13/h8,10,12,14-15H,3-7,9,11H2,1-2H3. The highest BCUT2D eigenvalue weighted by molar-refractivity contribution is 5.02. The van der Waals surface area contributed by atoms with Crippen molar-refractivity contribution in [3.05, 3.63) is 18.0 Å². The maximum atomic E-state index is 4.51. The summed E-state index contributed by atoms with van der Waals surface area (Å²) < 4.78 is 1.91. The Hall–Kier alpha value is -0.830. The second kappa shape index (κ2) is 6.20. The van der Waals surface area contributed by atoms with Crippen molar-refractivity contribution in [1.82, 2.24) is 15.1 Å². The molecular formula is C14H25N3. The number of hydrogen-bond donors (Lipinski definition) is 1. The average Bonchev–Trinajstić information content (AvgIpc) is 2.74. The number of aromatic nitrogens is 2. The molecule has 0 saturated heterocycles. The Morgan fingerprint density at radius 1 is 1.41 bits per heavy atom. The van der Waals surface area contributed by atoms with Crippen LogP contribution < -0.4 is 5.32 Å². The molecule has 0 amide bonds. The first-order valence-electron chi connectivity index (χ1n) is 7.01. The zero-order chi connectivity index (χ0) is 12.1. The minimum atomic E-state index is 0.714. The van der Waals surface area contributed by atoms with Gasteiger partial charge in [0.05, 0.1) is 5.69 Å². The first-order chi connectivity index (χ1) is 8.29. The third kappa shape index (κ3) is 3.56. The molecule has 1 aliphatic carbocycles. The fraction of sp³-hybridized carbons (Fsp3) is 0.786. The Labute approximate surface area is 105 Å². The van der Waals surface area contributed by atoms with Crippen LogP contribution in [0.5, 0.6) is 0 Å². The molecule has 0 radical (unpaired) electrons. The molecule has 1 aliphatic rings. The Kier molecular flexibility index (Phi) is 4.60. The summed E-state index contributed by atoms with van der Waals surface area (Å²) in [6.45, 7) is 3.40. The Morgan fingerprint density at radius 3 is 2.94 bits per heavy atom. The molecule has 0 spiro atoms. The second-order valence-corrected chi connectivity index (χ2v) is 5.29. The molecule has 1 aromatic rings. The lowest BCUT2D eigenvalue weighted by molar-refractivity contribution is 0.259. The summed E-state index contributed by atoms with van der Waals surface area (Å²) in [6, 6.07) is 2.87. The fourth-order valence-electron chi connectivity index (χ4n) is 2.89. The van der Waals surface area contributed by atoms with Gasteiger partial charge in [0.25, 0.3) is 0 Å². The van der Waals surface area contributed by atoms with E-state index in [-0.39, 0.29) is 0 Å². The smallest absolute Gasteiger partial charge is 0.0627 e. The van der Waals surface area contributed by atoms with Gasteiger partial charge < -0.3 is 5.32 Å². The second-order valence-electron chi connectivity index (χ2n) is 5.29. The van der Waals surface area contributed by atoms with Crippen LogP contribution in [0.1, 0.15) is 44.7 Å². The summed E-state index contributed by atoms with van der Waals surface area (Å²) in [5.74, 6) is 0.783. The summed E-state index contributed by atoms with van der Waals surface area (Å²) in [6.07, 6.45) is 9.90. The first kappa shape index (κ1) is 12.6. The number of hydrogen-bond acceptors (Lipinski definition) is 2. The summed E-state index contributed by atoms with van der Waals surface area (Å²) >= 11 is 0. The van der Waals surface area contributed by atoms with Crippen LogP contribution in [0.3, 0.4) is 0 Å².